The van der Waals surface area contributed by atoms with Crippen LogP contribution in [0.25, 0.3) is 86.3 Å². The van der Waals surface area contributed by atoms with Gasteiger partial charge in [0.1, 0.15) is 11.2 Å². The van der Waals surface area contributed by atoms with Gasteiger partial charge in [-0.05, 0) is 105 Å². The third kappa shape index (κ3) is 3.73. The Balaban J connectivity index is 1.22. The summed E-state index contributed by atoms with van der Waals surface area (Å²) < 4.78 is 9.14. The fourth-order valence-electron chi connectivity index (χ4n) is 9.25. The predicted molar refractivity (Wildman–Crippen MR) is 221 cm³/mol. The van der Waals surface area contributed by atoms with Crippen LogP contribution in [-0.4, -0.2) is 0 Å². The second-order valence-electron chi connectivity index (χ2n) is 14.9. The SMILES string of the molecule is CC1(C)c2ccccc2-c2cc3c(cc21)-c1ccccc1-c1cc2sc4ccccc4c2cc1N3c1ccc2oc3cc4ccccc4cc3c2c1. The van der Waals surface area contributed by atoms with E-state index in [4.69, 9.17) is 4.42 Å². The summed E-state index contributed by atoms with van der Waals surface area (Å²) >= 11 is 1.88. The summed E-state index contributed by atoms with van der Waals surface area (Å²) in [6.07, 6.45) is 0. The molecular formula is C49H31NOS. The van der Waals surface area contributed by atoms with Gasteiger partial charge >= 0.3 is 0 Å². The molecule has 0 bridgehead atoms. The highest BCUT2D eigenvalue weighted by atomic mass is 32.1. The maximum Gasteiger partial charge on any atom is 0.136 e. The summed E-state index contributed by atoms with van der Waals surface area (Å²) in [5, 5.41) is 7.25. The van der Waals surface area contributed by atoms with Crippen LogP contribution < -0.4 is 4.90 Å². The van der Waals surface area contributed by atoms with Crippen molar-refractivity contribution in [3.63, 3.8) is 0 Å². The van der Waals surface area contributed by atoms with Gasteiger partial charge in [-0.1, -0.05) is 105 Å². The molecular weight excluding hydrogens is 651 g/mol. The quantitative estimate of drug-likeness (QED) is 0.171. The van der Waals surface area contributed by atoms with E-state index in [1.54, 1.807) is 0 Å². The average Bonchev–Trinajstić information content (AvgIpc) is 3.77. The number of rotatable bonds is 1. The lowest BCUT2D eigenvalue weighted by atomic mass is 9.81. The monoisotopic (exact) mass is 681 g/mol. The van der Waals surface area contributed by atoms with E-state index in [1.165, 1.54) is 86.8 Å². The molecule has 52 heavy (non-hydrogen) atoms. The van der Waals surface area contributed by atoms with Crippen LogP contribution >= 0.6 is 11.3 Å². The minimum Gasteiger partial charge on any atom is -0.456 e. The predicted octanol–water partition coefficient (Wildman–Crippen LogP) is 14.5. The van der Waals surface area contributed by atoms with E-state index in [2.05, 4.69) is 170 Å². The minimum atomic E-state index is -0.112. The second-order valence-corrected chi connectivity index (χ2v) is 16.0. The van der Waals surface area contributed by atoms with Gasteiger partial charge in [-0.2, -0.15) is 0 Å². The fourth-order valence-corrected chi connectivity index (χ4v) is 10.4. The Morgan fingerprint density at radius 1 is 0.442 bits per heavy atom. The first-order chi connectivity index (χ1) is 25.5. The van der Waals surface area contributed by atoms with Crippen molar-refractivity contribution in [1.29, 1.82) is 0 Å². The highest BCUT2D eigenvalue weighted by Crippen LogP contribution is 2.58. The van der Waals surface area contributed by atoms with Crippen molar-refractivity contribution in [2.24, 2.45) is 0 Å². The van der Waals surface area contributed by atoms with Gasteiger partial charge < -0.3 is 9.32 Å². The molecule has 0 radical (unpaired) electrons. The van der Waals surface area contributed by atoms with Gasteiger partial charge in [0.2, 0.25) is 0 Å². The summed E-state index contributed by atoms with van der Waals surface area (Å²) in [6.45, 7) is 4.75. The summed E-state index contributed by atoms with van der Waals surface area (Å²) in [6, 6.07) is 56.4. The van der Waals surface area contributed by atoms with Crippen molar-refractivity contribution < 1.29 is 4.42 Å². The standard InChI is InChI=1S/C49H31NOS/c1-49(2)41-17-9-7-15-33(41)35-25-43-36(24-42(35)49)31-13-5-6-14-32(31)37-27-48-40(34-16-8-10-18-47(34)52-48)26-44(37)50(43)30-19-20-45-39(23-30)38-21-28-11-3-4-12-29(28)22-46(38)51-45/h3-27H,1-2H3. The molecule has 8 aromatic carbocycles. The number of hydrogen-bond acceptors (Lipinski definition) is 3. The van der Waals surface area contributed by atoms with Gasteiger partial charge in [0.15, 0.2) is 0 Å². The second kappa shape index (κ2) is 10.00. The van der Waals surface area contributed by atoms with Crippen molar-refractivity contribution in [1.82, 2.24) is 0 Å². The first-order valence-electron chi connectivity index (χ1n) is 18.0. The zero-order valence-electron chi connectivity index (χ0n) is 28.7. The van der Waals surface area contributed by atoms with E-state index >= 15 is 0 Å². The average molecular weight is 682 g/mol. The molecule has 0 atom stereocenters. The van der Waals surface area contributed by atoms with Crippen molar-refractivity contribution in [3.8, 4) is 33.4 Å². The van der Waals surface area contributed by atoms with Crippen molar-refractivity contribution in [3.05, 3.63) is 163 Å². The largest absolute Gasteiger partial charge is 0.456 e. The van der Waals surface area contributed by atoms with Crippen LogP contribution in [0.1, 0.15) is 25.0 Å². The molecule has 2 nitrogen and oxygen atoms in total. The molecule has 0 N–H and O–H groups in total. The first kappa shape index (κ1) is 28.5. The zero-order valence-corrected chi connectivity index (χ0v) is 29.5. The topological polar surface area (TPSA) is 16.4 Å². The summed E-state index contributed by atoms with van der Waals surface area (Å²) in [7, 11) is 0. The number of fused-ring (bicyclic) bond motifs is 15. The minimum absolute atomic E-state index is 0.112. The van der Waals surface area contributed by atoms with Crippen LogP contribution in [0.2, 0.25) is 0 Å². The van der Waals surface area contributed by atoms with E-state index in [0.29, 0.717) is 0 Å². The van der Waals surface area contributed by atoms with E-state index in [-0.39, 0.29) is 5.41 Å². The highest BCUT2D eigenvalue weighted by Gasteiger charge is 2.38. The number of benzene rings is 8. The molecule has 2 aliphatic rings. The maximum atomic E-state index is 6.52. The van der Waals surface area contributed by atoms with Crippen LogP contribution in [0.5, 0.6) is 0 Å². The van der Waals surface area contributed by atoms with Gasteiger partial charge in [-0.3, -0.25) is 0 Å². The van der Waals surface area contributed by atoms with Gasteiger partial charge in [-0.25, -0.2) is 0 Å². The Bertz CT molecular complexity index is 3180. The van der Waals surface area contributed by atoms with E-state index < -0.39 is 0 Å². The number of anilines is 3. The molecule has 244 valence electrons. The molecule has 10 aromatic rings. The Morgan fingerprint density at radius 2 is 1.12 bits per heavy atom. The number of hydrogen-bond donors (Lipinski definition) is 0. The van der Waals surface area contributed by atoms with Crippen LogP contribution in [0.4, 0.5) is 17.1 Å². The molecule has 0 saturated heterocycles. The smallest absolute Gasteiger partial charge is 0.136 e. The molecule has 1 aliphatic carbocycles. The third-order valence-corrected chi connectivity index (χ3v) is 12.9. The van der Waals surface area contributed by atoms with Crippen LogP contribution in [0.15, 0.2) is 156 Å². The highest BCUT2D eigenvalue weighted by molar-refractivity contribution is 7.25. The van der Waals surface area contributed by atoms with Crippen LogP contribution in [-0.2, 0) is 5.41 Å². The van der Waals surface area contributed by atoms with Gasteiger partial charge in [0, 0.05) is 53.2 Å². The fraction of sp³-hybridized carbons (Fsp3) is 0.0612. The lowest BCUT2D eigenvalue weighted by Gasteiger charge is -2.29. The maximum absolute atomic E-state index is 6.52. The Hall–Kier alpha value is -6.16. The molecule has 0 spiro atoms. The summed E-state index contributed by atoms with van der Waals surface area (Å²) in [5.41, 5.74) is 15.6. The summed E-state index contributed by atoms with van der Waals surface area (Å²) in [5.74, 6) is 0. The number of thiophene rings is 1. The third-order valence-electron chi connectivity index (χ3n) is 11.8. The normalized spacial score (nSPS) is 14.1. The first-order valence-corrected chi connectivity index (χ1v) is 18.8. The molecule has 1 aliphatic heterocycles. The van der Waals surface area contributed by atoms with Crippen molar-refractivity contribution in [2.75, 3.05) is 4.90 Å². The lowest BCUT2D eigenvalue weighted by Crippen LogP contribution is -2.16. The van der Waals surface area contributed by atoms with Gasteiger partial charge in [0.05, 0.1) is 11.4 Å². The van der Waals surface area contributed by atoms with Crippen LogP contribution in [0, 0.1) is 0 Å². The Labute approximate surface area is 304 Å². The number of furan rings is 1. The van der Waals surface area contributed by atoms with E-state index in [1.807, 2.05) is 11.3 Å². The van der Waals surface area contributed by atoms with Gasteiger partial charge in [0.25, 0.3) is 0 Å². The molecule has 0 amide bonds. The number of nitrogens with zero attached hydrogens (tertiary/aromatic N) is 1. The Morgan fingerprint density at radius 3 is 1.96 bits per heavy atom. The van der Waals surface area contributed by atoms with Crippen LogP contribution in [0.3, 0.4) is 0 Å². The molecule has 0 saturated carbocycles. The molecule has 12 rings (SSSR count). The van der Waals surface area contributed by atoms with E-state index in [9.17, 15) is 0 Å². The Kier molecular flexibility index (Phi) is 5.49. The van der Waals surface area contributed by atoms with Crippen molar-refractivity contribution >= 4 is 81.3 Å². The molecule has 0 unspecified atom stereocenters. The van der Waals surface area contributed by atoms with Crippen molar-refractivity contribution in [2.45, 2.75) is 19.3 Å². The molecule has 0 fully saturated rings. The zero-order chi connectivity index (χ0) is 34.3. The molecule has 2 aromatic heterocycles. The van der Waals surface area contributed by atoms with Gasteiger partial charge in [-0.15, -0.1) is 11.3 Å². The van der Waals surface area contributed by atoms with E-state index in [0.717, 1.165) is 27.6 Å². The lowest BCUT2D eigenvalue weighted by molar-refractivity contribution is 0.660. The molecule has 3 heteroatoms. The summed E-state index contributed by atoms with van der Waals surface area (Å²) in [4.78, 5) is 2.53. The molecule has 3 heterocycles.